The van der Waals surface area contributed by atoms with E-state index in [0.29, 0.717) is 12.4 Å². The number of nitrogen functional groups attached to an aromatic ring is 1. The van der Waals surface area contributed by atoms with Gasteiger partial charge in [-0.25, -0.2) is 9.78 Å². The van der Waals surface area contributed by atoms with Crippen LogP contribution in [0, 0.1) is 0 Å². The Morgan fingerprint density at radius 3 is 2.60 bits per heavy atom. The molecule has 1 saturated heterocycles. The largest absolute Gasteiger partial charge is 0.461 e. The Kier molecular flexibility index (Phi) is 10.4. The molecule has 1 fully saturated rings. The fourth-order valence-corrected chi connectivity index (χ4v) is 5.65. The first-order valence-corrected chi connectivity index (χ1v) is 13.9. The highest BCUT2D eigenvalue weighted by atomic mass is 32.2. The molecule has 1 aromatic rings. The average molecular weight is 524 g/mol. The van der Waals surface area contributed by atoms with E-state index in [4.69, 9.17) is 15.3 Å². The predicted octanol–water partition coefficient (Wildman–Crippen LogP) is 3.04. The molecule has 12 heteroatoms. The summed E-state index contributed by atoms with van der Waals surface area (Å²) in [4.78, 5) is 48.5. The molecule has 10 nitrogen and oxygen atoms in total. The van der Waals surface area contributed by atoms with Gasteiger partial charge in [0.1, 0.15) is 29.9 Å². The van der Waals surface area contributed by atoms with Gasteiger partial charge in [-0.15, -0.1) is 23.1 Å². The van der Waals surface area contributed by atoms with Gasteiger partial charge in [0.25, 0.3) is 11.8 Å². The number of unbranched alkanes of at least 4 members (excludes halogenated alkanes) is 7. The van der Waals surface area contributed by atoms with Crippen molar-refractivity contribution in [2.75, 3.05) is 25.2 Å². The lowest BCUT2D eigenvalue weighted by atomic mass is 10.0. The molecule has 192 valence electrons. The molecule has 0 spiro atoms. The van der Waals surface area contributed by atoms with Crippen LogP contribution in [0.3, 0.4) is 0 Å². The molecule has 2 atom stereocenters. The number of hydrogen-bond acceptors (Lipinski definition) is 10. The van der Waals surface area contributed by atoms with Gasteiger partial charge in [-0.05, 0) is 12.5 Å². The third-order valence-corrected chi connectivity index (χ3v) is 7.59. The number of amides is 2. The number of β-lactam (4-membered cyclic amide) rings is 1. The van der Waals surface area contributed by atoms with Gasteiger partial charge in [-0.2, -0.15) is 0 Å². The molecule has 0 saturated carbocycles. The number of hydrogen-bond donors (Lipinski definition) is 2. The van der Waals surface area contributed by atoms with E-state index in [1.807, 2.05) is 0 Å². The van der Waals surface area contributed by atoms with Crippen molar-refractivity contribution < 1.29 is 24.0 Å². The molecule has 0 bridgehead atoms. The summed E-state index contributed by atoms with van der Waals surface area (Å²) in [7, 11) is 1.31. The maximum absolute atomic E-state index is 12.8. The van der Waals surface area contributed by atoms with Crippen LogP contribution in [-0.2, 0) is 24.0 Å². The summed E-state index contributed by atoms with van der Waals surface area (Å²) < 4.78 is 5.42. The Balaban J connectivity index is 1.47. The van der Waals surface area contributed by atoms with Crippen molar-refractivity contribution in [2.45, 2.75) is 69.7 Å². The summed E-state index contributed by atoms with van der Waals surface area (Å²) >= 11 is 2.62. The van der Waals surface area contributed by atoms with Gasteiger partial charge in [0, 0.05) is 11.1 Å². The number of nitrogens with one attached hydrogen (secondary N) is 1. The van der Waals surface area contributed by atoms with E-state index in [-0.39, 0.29) is 28.1 Å². The quantitative estimate of drug-likeness (QED) is 0.125. The lowest BCUT2D eigenvalue weighted by molar-refractivity contribution is -0.152. The first-order valence-electron chi connectivity index (χ1n) is 11.9. The number of fused-ring (bicyclic) bond motifs is 1. The minimum Gasteiger partial charge on any atom is -0.461 e. The van der Waals surface area contributed by atoms with Crippen LogP contribution >= 0.6 is 23.1 Å². The van der Waals surface area contributed by atoms with Crippen molar-refractivity contribution in [3.63, 3.8) is 0 Å². The van der Waals surface area contributed by atoms with Crippen molar-refractivity contribution in [2.24, 2.45) is 5.16 Å². The number of nitrogens with two attached hydrogens (primary N) is 1. The molecule has 35 heavy (non-hydrogen) atoms. The highest BCUT2D eigenvalue weighted by Gasteiger charge is 2.53. The fraction of sp³-hybridized carbons (Fsp3) is 0.609. The standard InChI is InChI=1S/C23H33N5O5S2/c1-3-4-5-6-7-8-9-10-12-33-22(31)16-11-13-34-21-18(20(30)28(16)21)26-19(29)17(27-32-2)15-14-35-23(24)25-15/h11,14,18,21H,3-10,12-13H2,1-2H3,(H2,24,25)(H,26,29)/t18?,21-/m0/s1. The Labute approximate surface area is 213 Å². The number of anilines is 1. The topological polar surface area (TPSA) is 136 Å². The van der Waals surface area contributed by atoms with Gasteiger partial charge >= 0.3 is 5.97 Å². The summed E-state index contributed by atoms with van der Waals surface area (Å²) in [5.74, 6) is -0.953. The zero-order valence-electron chi connectivity index (χ0n) is 20.2. The summed E-state index contributed by atoms with van der Waals surface area (Å²) in [6.07, 6.45) is 10.9. The van der Waals surface area contributed by atoms with Crippen molar-refractivity contribution in [1.82, 2.24) is 15.2 Å². The summed E-state index contributed by atoms with van der Waals surface area (Å²) in [6.45, 7) is 2.54. The number of esters is 1. The molecule has 3 rings (SSSR count). The summed E-state index contributed by atoms with van der Waals surface area (Å²) in [5, 5.41) is 7.90. The Hall–Kier alpha value is -2.60. The van der Waals surface area contributed by atoms with Gasteiger partial charge in [0.05, 0.1) is 6.61 Å². The minimum absolute atomic E-state index is 0.0759. The van der Waals surface area contributed by atoms with Gasteiger partial charge < -0.3 is 20.6 Å². The van der Waals surface area contributed by atoms with E-state index >= 15 is 0 Å². The van der Waals surface area contributed by atoms with Gasteiger partial charge in [0.2, 0.25) is 0 Å². The van der Waals surface area contributed by atoms with Crippen LogP contribution < -0.4 is 11.1 Å². The monoisotopic (exact) mass is 523 g/mol. The van der Waals surface area contributed by atoms with Crippen LogP contribution in [-0.4, -0.2) is 64.3 Å². The lowest BCUT2D eigenvalue weighted by Gasteiger charge is -2.48. The van der Waals surface area contributed by atoms with Crippen LogP contribution in [0.1, 0.15) is 64.0 Å². The van der Waals surface area contributed by atoms with Crippen LogP contribution in [0.4, 0.5) is 5.13 Å². The number of carbonyl (C=O) groups is 3. The number of thioether (sulfide) groups is 1. The van der Waals surface area contributed by atoms with Crippen molar-refractivity contribution >= 4 is 51.7 Å². The zero-order valence-corrected chi connectivity index (χ0v) is 21.8. The van der Waals surface area contributed by atoms with E-state index in [9.17, 15) is 14.4 Å². The molecule has 2 aliphatic heterocycles. The first kappa shape index (κ1) is 27.0. The number of carbonyl (C=O) groups excluding carboxylic acids is 3. The molecule has 0 radical (unpaired) electrons. The van der Waals surface area contributed by atoms with Crippen molar-refractivity contribution in [3.05, 3.63) is 22.8 Å². The first-order chi connectivity index (χ1) is 17.0. The van der Waals surface area contributed by atoms with Crippen LogP contribution in [0.15, 0.2) is 22.3 Å². The molecule has 3 N–H and O–H groups in total. The van der Waals surface area contributed by atoms with Crippen molar-refractivity contribution in [3.8, 4) is 0 Å². The summed E-state index contributed by atoms with van der Waals surface area (Å²) in [5.41, 5.74) is 6.07. The number of oxime groups is 1. The highest BCUT2D eigenvalue weighted by molar-refractivity contribution is 8.00. The smallest absolute Gasteiger partial charge is 0.354 e. The fourth-order valence-electron chi connectivity index (χ4n) is 3.91. The average Bonchev–Trinajstić information content (AvgIpc) is 3.29. The third kappa shape index (κ3) is 6.97. The van der Waals surface area contributed by atoms with E-state index in [2.05, 4.69) is 22.4 Å². The Bertz CT molecular complexity index is 964. The molecule has 2 amide bonds. The molecule has 1 unspecified atom stereocenters. The summed E-state index contributed by atoms with van der Waals surface area (Å²) in [6, 6.07) is -0.797. The van der Waals surface area contributed by atoms with E-state index in [0.717, 1.165) is 30.6 Å². The van der Waals surface area contributed by atoms with E-state index in [1.54, 1.807) is 11.5 Å². The van der Waals surface area contributed by atoms with Crippen LogP contribution in [0.25, 0.3) is 0 Å². The van der Waals surface area contributed by atoms with Crippen molar-refractivity contribution in [1.29, 1.82) is 0 Å². The minimum atomic E-state index is -0.797. The molecular formula is C23H33N5O5S2. The molecule has 3 heterocycles. The normalized spacial score (nSPS) is 19.5. The van der Waals surface area contributed by atoms with Crippen LogP contribution in [0.5, 0.6) is 0 Å². The van der Waals surface area contributed by atoms with E-state index in [1.165, 1.54) is 55.9 Å². The third-order valence-electron chi connectivity index (χ3n) is 5.74. The second-order valence-electron chi connectivity index (χ2n) is 8.28. The second-order valence-corrected chi connectivity index (χ2v) is 10.3. The molecule has 2 aliphatic rings. The maximum Gasteiger partial charge on any atom is 0.354 e. The molecular weight excluding hydrogens is 490 g/mol. The zero-order chi connectivity index (χ0) is 25.2. The molecule has 1 aromatic heterocycles. The number of ether oxygens (including phenoxy) is 1. The van der Waals surface area contributed by atoms with Gasteiger partial charge in [-0.3, -0.25) is 14.5 Å². The highest BCUT2D eigenvalue weighted by Crippen LogP contribution is 2.37. The second kappa shape index (κ2) is 13.5. The SMILES string of the molecule is CCCCCCCCCCOC(=O)C1=CCS[C@H]2C(NC(=O)C(=NOC)c3csc(N)n3)C(=O)N12. The van der Waals surface area contributed by atoms with E-state index < -0.39 is 23.3 Å². The predicted molar refractivity (Wildman–Crippen MR) is 137 cm³/mol. The molecule has 0 aliphatic carbocycles. The Morgan fingerprint density at radius 2 is 1.94 bits per heavy atom. The number of thiazole rings is 1. The number of rotatable bonds is 14. The lowest BCUT2D eigenvalue weighted by Crippen LogP contribution is -2.70. The van der Waals surface area contributed by atoms with Gasteiger partial charge in [-0.1, -0.05) is 57.0 Å². The molecule has 0 aromatic carbocycles. The van der Waals surface area contributed by atoms with Crippen LogP contribution in [0.2, 0.25) is 0 Å². The maximum atomic E-state index is 12.8. The van der Waals surface area contributed by atoms with Gasteiger partial charge in [0.15, 0.2) is 10.8 Å². The number of nitrogens with zero attached hydrogens (tertiary/aromatic N) is 3. The Morgan fingerprint density at radius 1 is 1.23 bits per heavy atom. The number of aromatic nitrogens is 1.